The van der Waals surface area contributed by atoms with E-state index in [1.54, 1.807) is 0 Å². The molecule has 17 nitrogen and oxygen atoms in total. The third-order valence-electron chi connectivity index (χ3n) is 20.2. The first kappa shape index (κ1) is 103. The molecule has 0 fully saturated rings. The number of esters is 4. The second-order valence-electron chi connectivity index (χ2n) is 31.9. The van der Waals surface area contributed by atoms with Crippen molar-refractivity contribution >= 4 is 39.5 Å². The Labute approximate surface area is 645 Å². The van der Waals surface area contributed by atoms with Gasteiger partial charge in [-0.1, -0.05) is 408 Å². The fourth-order valence-electron chi connectivity index (χ4n) is 13.4. The number of ether oxygens (including phenoxy) is 4. The molecule has 0 aromatic heterocycles. The van der Waals surface area contributed by atoms with Crippen molar-refractivity contribution in [2.75, 3.05) is 39.6 Å². The predicted molar refractivity (Wildman–Crippen MR) is 432 cm³/mol. The molecule has 0 bridgehead atoms. The highest BCUT2D eigenvalue weighted by atomic mass is 31.2. The lowest BCUT2D eigenvalue weighted by molar-refractivity contribution is -0.161. The third-order valence-corrected chi connectivity index (χ3v) is 22.1. The van der Waals surface area contributed by atoms with Crippen molar-refractivity contribution in [3.63, 3.8) is 0 Å². The molecule has 0 saturated heterocycles. The second-order valence-corrected chi connectivity index (χ2v) is 34.8. The van der Waals surface area contributed by atoms with E-state index in [1.807, 2.05) is 0 Å². The number of carbonyl (C=O) groups is 4. The highest BCUT2D eigenvalue weighted by molar-refractivity contribution is 7.47. The molecule has 0 aliphatic heterocycles. The lowest BCUT2D eigenvalue weighted by atomic mass is 10.0. The van der Waals surface area contributed by atoms with Crippen LogP contribution in [0.5, 0.6) is 0 Å². The van der Waals surface area contributed by atoms with Crippen molar-refractivity contribution in [3.05, 3.63) is 0 Å². The van der Waals surface area contributed by atoms with Crippen molar-refractivity contribution in [1.82, 2.24) is 0 Å². The molecule has 0 saturated carbocycles. The van der Waals surface area contributed by atoms with Crippen LogP contribution in [0.15, 0.2) is 0 Å². The van der Waals surface area contributed by atoms with E-state index in [4.69, 9.17) is 37.0 Å². The number of aliphatic hydroxyl groups is 1. The summed E-state index contributed by atoms with van der Waals surface area (Å²) in [5.74, 6) is -0.623. The minimum atomic E-state index is -4.97. The van der Waals surface area contributed by atoms with Crippen molar-refractivity contribution in [1.29, 1.82) is 0 Å². The van der Waals surface area contributed by atoms with Gasteiger partial charge in [0.25, 0.3) is 0 Å². The van der Waals surface area contributed by atoms with Gasteiger partial charge in [-0.05, 0) is 37.5 Å². The summed E-state index contributed by atoms with van der Waals surface area (Å²) < 4.78 is 68.9. The van der Waals surface area contributed by atoms with Crippen LogP contribution in [0.2, 0.25) is 0 Å². The van der Waals surface area contributed by atoms with E-state index in [1.165, 1.54) is 270 Å². The van der Waals surface area contributed by atoms with Gasteiger partial charge in [-0.15, -0.1) is 0 Å². The standard InChI is InChI=1S/C86H168O17P2/c1-7-9-11-13-15-17-19-21-23-25-27-29-31-33-35-40-44-50-56-62-68-83(88)96-74-81(102-85(90)70-64-58-51-45-41-36-34-32-30-28-26-24-22-20-18-16-14-12-10-8-2)76-100-104(92,93)98-72-80(87)73-99-105(94,95)101-77-82(75-97-84(89)69-63-57-53-47-49-55-61-67-79(5)6)103-86(91)71-65-59-52-46-42-38-37-39-43-48-54-60-66-78(3)4/h78-82,87H,7-77H2,1-6H3,(H,92,93)(H,94,95)/t80-,81-,82-/m1/s1. The Morgan fingerprint density at radius 1 is 0.257 bits per heavy atom. The number of hydrogen-bond acceptors (Lipinski definition) is 15. The lowest BCUT2D eigenvalue weighted by Gasteiger charge is -2.21. The molecule has 105 heavy (non-hydrogen) atoms. The van der Waals surface area contributed by atoms with Gasteiger partial charge in [0.15, 0.2) is 12.2 Å². The van der Waals surface area contributed by atoms with Crippen LogP contribution < -0.4 is 0 Å². The molecule has 0 aromatic rings. The van der Waals surface area contributed by atoms with Crippen molar-refractivity contribution < 1.29 is 80.2 Å². The molecule has 0 rings (SSSR count). The summed E-state index contributed by atoms with van der Waals surface area (Å²) in [5, 5.41) is 10.7. The average molecular weight is 1540 g/mol. The first-order valence-electron chi connectivity index (χ1n) is 44.5. The molecule has 0 spiro atoms. The Balaban J connectivity index is 5.22. The lowest BCUT2D eigenvalue weighted by Crippen LogP contribution is -2.30. The van der Waals surface area contributed by atoms with Crippen molar-refractivity contribution in [2.45, 2.75) is 477 Å². The predicted octanol–water partition coefficient (Wildman–Crippen LogP) is 26.2. The van der Waals surface area contributed by atoms with E-state index < -0.39 is 97.5 Å². The molecule has 0 amide bonds. The monoisotopic (exact) mass is 1540 g/mol. The van der Waals surface area contributed by atoms with Gasteiger partial charge in [-0.2, -0.15) is 0 Å². The Hall–Kier alpha value is -1.94. The second kappa shape index (κ2) is 77.4. The smallest absolute Gasteiger partial charge is 0.462 e. The molecule has 19 heteroatoms. The number of aliphatic hydroxyl groups excluding tert-OH is 1. The van der Waals surface area contributed by atoms with Crippen LogP contribution in [0.25, 0.3) is 0 Å². The number of rotatable bonds is 85. The molecule has 5 atom stereocenters. The molecule has 624 valence electrons. The van der Waals surface area contributed by atoms with E-state index in [-0.39, 0.29) is 25.7 Å². The fourth-order valence-corrected chi connectivity index (χ4v) is 15.0. The van der Waals surface area contributed by atoms with Crippen molar-refractivity contribution in [2.24, 2.45) is 11.8 Å². The summed E-state index contributed by atoms with van der Waals surface area (Å²) in [6.45, 7) is 9.62. The SMILES string of the molecule is CCCCCCCCCCCCCCCCCCCCCCC(=O)OC[C@H](COP(=O)(O)OC[C@@H](O)COP(=O)(O)OC[C@@H](COC(=O)CCCCCCCCCC(C)C)OC(=O)CCCCCCCCCCCCCCC(C)C)OC(=O)CCCCCCCCCCCCCCCCCCCCCC. The van der Waals surface area contributed by atoms with Crippen LogP contribution in [0.3, 0.4) is 0 Å². The summed E-state index contributed by atoms with van der Waals surface area (Å²) in [4.78, 5) is 73.2. The number of hydrogen-bond donors (Lipinski definition) is 3. The first-order valence-corrected chi connectivity index (χ1v) is 47.5. The molecule has 3 N–H and O–H groups in total. The number of phosphoric acid groups is 2. The maximum Gasteiger partial charge on any atom is 0.472 e. The van der Waals surface area contributed by atoms with Gasteiger partial charge in [0, 0.05) is 25.7 Å². The summed E-state index contributed by atoms with van der Waals surface area (Å²) in [5.41, 5.74) is 0. The molecule has 0 heterocycles. The van der Waals surface area contributed by atoms with Gasteiger partial charge in [0.1, 0.15) is 19.3 Å². The van der Waals surface area contributed by atoms with Gasteiger partial charge in [-0.25, -0.2) is 9.13 Å². The average Bonchev–Trinajstić information content (AvgIpc) is 0.958. The molecule has 2 unspecified atom stereocenters. The maximum atomic E-state index is 13.1. The maximum absolute atomic E-state index is 13.1. The van der Waals surface area contributed by atoms with Crippen LogP contribution in [0.4, 0.5) is 0 Å². The van der Waals surface area contributed by atoms with Gasteiger partial charge in [-0.3, -0.25) is 37.3 Å². The molecular formula is C86H168O17P2. The normalized spacial score (nSPS) is 13.8. The Bertz CT molecular complexity index is 2010. The molecule has 0 aromatic carbocycles. The van der Waals surface area contributed by atoms with Gasteiger partial charge >= 0.3 is 39.5 Å². The number of unbranched alkanes of at least 4 members (excludes halogenated alkanes) is 55. The van der Waals surface area contributed by atoms with E-state index in [0.29, 0.717) is 31.6 Å². The summed E-state index contributed by atoms with van der Waals surface area (Å²) in [7, 11) is -9.93. The molecule has 0 aliphatic carbocycles. The highest BCUT2D eigenvalue weighted by Gasteiger charge is 2.30. The van der Waals surface area contributed by atoms with Gasteiger partial charge in [0.2, 0.25) is 0 Å². The first-order chi connectivity index (χ1) is 50.9. The van der Waals surface area contributed by atoms with Crippen LogP contribution in [0.1, 0.15) is 459 Å². The minimum absolute atomic E-state index is 0.106. The van der Waals surface area contributed by atoms with E-state index in [0.717, 1.165) is 102 Å². The van der Waals surface area contributed by atoms with Crippen molar-refractivity contribution in [3.8, 4) is 0 Å². The Morgan fingerprint density at radius 2 is 0.438 bits per heavy atom. The van der Waals surface area contributed by atoms with E-state index in [2.05, 4.69) is 41.5 Å². The zero-order chi connectivity index (χ0) is 77.1. The molecule has 0 radical (unpaired) electrons. The van der Waals surface area contributed by atoms with Crippen LogP contribution >= 0.6 is 15.6 Å². The largest absolute Gasteiger partial charge is 0.472 e. The summed E-state index contributed by atoms with van der Waals surface area (Å²) in [6, 6.07) is 0. The minimum Gasteiger partial charge on any atom is -0.462 e. The highest BCUT2D eigenvalue weighted by Crippen LogP contribution is 2.45. The summed E-state index contributed by atoms with van der Waals surface area (Å²) >= 11 is 0. The van der Waals surface area contributed by atoms with Crippen LogP contribution in [-0.4, -0.2) is 96.7 Å². The van der Waals surface area contributed by atoms with Crippen LogP contribution in [-0.2, 0) is 65.4 Å². The Kier molecular flexibility index (Phi) is 76.0. The van der Waals surface area contributed by atoms with E-state index >= 15 is 0 Å². The number of phosphoric ester groups is 2. The quantitative estimate of drug-likeness (QED) is 0.0222. The third kappa shape index (κ3) is 79.9. The molecular weight excluding hydrogens is 1370 g/mol. The van der Waals surface area contributed by atoms with Crippen LogP contribution in [0, 0.1) is 11.8 Å². The Morgan fingerprint density at radius 3 is 0.648 bits per heavy atom. The zero-order valence-electron chi connectivity index (χ0n) is 69.0. The zero-order valence-corrected chi connectivity index (χ0v) is 70.8. The van der Waals surface area contributed by atoms with Gasteiger partial charge < -0.3 is 33.8 Å². The van der Waals surface area contributed by atoms with Gasteiger partial charge in [0.05, 0.1) is 26.4 Å². The molecule has 0 aliphatic rings. The fraction of sp³-hybridized carbons (Fsp3) is 0.953. The van der Waals surface area contributed by atoms with E-state index in [9.17, 15) is 43.2 Å². The topological polar surface area (TPSA) is 237 Å². The summed E-state index contributed by atoms with van der Waals surface area (Å²) in [6.07, 6.45) is 69.6. The number of carbonyl (C=O) groups excluding carboxylic acids is 4.